The number of methoxy groups -OCH3 is 1. The van der Waals surface area contributed by atoms with E-state index in [1.165, 1.54) is 0 Å². The third-order valence-electron chi connectivity index (χ3n) is 5.62. The van der Waals surface area contributed by atoms with Gasteiger partial charge in [0.05, 0.1) is 13.5 Å². The van der Waals surface area contributed by atoms with Gasteiger partial charge < -0.3 is 15.2 Å². The predicted molar refractivity (Wildman–Crippen MR) is 129 cm³/mol. The van der Waals surface area contributed by atoms with Gasteiger partial charge in [0, 0.05) is 12.0 Å². The minimum Gasteiger partial charge on any atom is -0.496 e. The summed E-state index contributed by atoms with van der Waals surface area (Å²) in [5, 5.41) is 14.5. The number of fused-ring (bicyclic) bond motifs is 1. The van der Waals surface area contributed by atoms with Crippen molar-refractivity contribution in [3.63, 3.8) is 0 Å². The molecule has 0 aliphatic rings. The van der Waals surface area contributed by atoms with Crippen molar-refractivity contribution in [1.82, 2.24) is 5.32 Å². The summed E-state index contributed by atoms with van der Waals surface area (Å²) in [5.74, 6) is -0.603. The molecule has 0 fully saturated rings. The first-order valence-electron chi connectivity index (χ1n) is 10.8. The molecule has 5 heteroatoms. The number of hydrogen-bond donors (Lipinski definition) is 2. The molecule has 166 valence electrons. The van der Waals surface area contributed by atoms with Crippen LogP contribution in [0, 0.1) is 0 Å². The standard InChI is InChI=1S/C28H25NO4/c1-33-26-9-5-4-8-24(26)22-14-10-19(11-15-22)17-25(28(31)32)29-27(30)18-20-12-13-21-6-2-3-7-23(21)16-20/h2-16,25H,17-18H2,1H3,(H,29,30)(H,31,32)/t25-/m0/s1. The van der Waals surface area contributed by atoms with Crippen molar-refractivity contribution in [2.24, 2.45) is 0 Å². The van der Waals surface area contributed by atoms with Crippen LogP contribution < -0.4 is 10.1 Å². The molecule has 4 aromatic carbocycles. The van der Waals surface area contributed by atoms with E-state index in [2.05, 4.69) is 5.32 Å². The molecule has 0 bridgehead atoms. The predicted octanol–water partition coefficient (Wildman–Crippen LogP) is 4.87. The first-order chi connectivity index (χ1) is 16.0. The highest BCUT2D eigenvalue weighted by molar-refractivity contribution is 5.87. The molecule has 0 saturated carbocycles. The van der Waals surface area contributed by atoms with Gasteiger partial charge in [-0.25, -0.2) is 4.79 Å². The lowest BCUT2D eigenvalue weighted by atomic mass is 9.99. The molecule has 0 radical (unpaired) electrons. The molecule has 5 nitrogen and oxygen atoms in total. The van der Waals surface area contributed by atoms with E-state index in [4.69, 9.17) is 4.74 Å². The van der Waals surface area contributed by atoms with Crippen LogP contribution in [0.3, 0.4) is 0 Å². The fourth-order valence-electron chi connectivity index (χ4n) is 3.92. The van der Waals surface area contributed by atoms with E-state index in [9.17, 15) is 14.7 Å². The number of hydrogen-bond acceptors (Lipinski definition) is 3. The molecule has 4 rings (SSSR count). The van der Waals surface area contributed by atoms with Gasteiger partial charge in [-0.05, 0) is 33.5 Å². The fourth-order valence-corrected chi connectivity index (χ4v) is 3.92. The van der Waals surface area contributed by atoms with Crippen LogP contribution in [0.5, 0.6) is 5.75 Å². The number of benzene rings is 4. The minimum atomic E-state index is -1.06. The van der Waals surface area contributed by atoms with Gasteiger partial charge in [0.2, 0.25) is 5.91 Å². The number of carboxylic acid groups (broad SMARTS) is 1. The number of ether oxygens (including phenoxy) is 1. The number of carbonyl (C=O) groups is 2. The first kappa shape index (κ1) is 22.1. The van der Waals surface area contributed by atoms with E-state index >= 15 is 0 Å². The van der Waals surface area contributed by atoms with Crippen LogP contribution in [0.15, 0.2) is 91.0 Å². The van der Waals surface area contributed by atoms with Crippen molar-refractivity contribution < 1.29 is 19.4 Å². The molecule has 4 aromatic rings. The fraction of sp³-hybridized carbons (Fsp3) is 0.143. The van der Waals surface area contributed by atoms with Crippen molar-refractivity contribution in [3.05, 3.63) is 102 Å². The number of rotatable bonds is 8. The van der Waals surface area contributed by atoms with Gasteiger partial charge >= 0.3 is 5.97 Å². The van der Waals surface area contributed by atoms with Gasteiger partial charge in [0.15, 0.2) is 0 Å². The molecule has 1 amide bonds. The summed E-state index contributed by atoms with van der Waals surface area (Å²) in [6, 6.07) is 28.1. The molecular weight excluding hydrogens is 414 g/mol. The Morgan fingerprint density at radius 3 is 2.24 bits per heavy atom. The maximum atomic E-state index is 12.6. The van der Waals surface area contributed by atoms with Crippen molar-refractivity contribution in [1.29, 1.82) is 0 Å². The van der Waals surface area contributed by atoms with Crippen molar-refractivity contribution >= 4 is 22.6 Å². The lowest BCUT2D eigenvalue weighted by Gasteiger charge is -2.15. The molecule has 0 aliphatic carbocycles. The number of para-hydroxylation sites is 1. The van der Waals surface area contributed by atoms with Crippen LogP contribution in [0.25, 0.3) is 21.9 Å². The maximum absolute atomic E-state index is 12.6. The lowest BCUT2D eigenvalue weighted by molar-refractivity contribution is -0.141. The van der Waals surface area contributed by atoms with Crippen molar-refractivity contribution in [2.75, 3.05) is 7.11 Å². The van der Waals surface area contributed by atoms with E-state index < -0.39 is 12.0 Å². The second-order valence-electron chi connectivity index (χ2n) is 7.92. The molecule has 0 heterocycles. The maximum Gasteiger partial charge on any atom is 0.326 e. The summed E-state index contributed by atoms with van der Waals surface area (Å²) in [7, 11) is 1.63. The van der Waals surface area contributed by atoms with Gasteiger partial charge in [-0.2, -0.15) is 0 Å². The van der Waals surface area contributed by atoms with E-state index in [1.54, 1.807) is 7.11 Å². The molecule has 33 heavy (non-hydrogen) atoms. The topological polar surface area (TPSA) is 75.6 Å². The Morgan fingerprint density at radius 2 is 1.52 bits per heavy atom. The average molecular weight is 440 g/mol. The third-order valence-corrected chi connectivity index (χ3v) is 5.62. The summed E-state index contributed by atoms with van der Waals surface area (Å²) in [5.41, 5.74) is 3.61. The Hall–Kier alpha value is -4.12. The summed E-state index contributed by atoms with van der Waals surface area (Å²) in [6.07, 6.45) is 0.326. The molecule has 0 saturated heterocycles. The van der Waals surface area contributed by atoms with Crippen LogP contribution in [-0.4, -0.2) is 30.1 Å². The largest absolute Gasteiger partial charge is 0.496 e. The highest BCUT2D eigenvalue weighted by Crippen LogP contribution is 2.29. The Labute approximate surface area is 192 Å². The second-order valence-corrected chi connectivity index (χ2v) is 7.92. The van der Waals surface area contributed by atoms with E-state index in [1.807, 2.05) is 91.0 Å². The highest BCUT2D eigenvalue weighted by Gasteiger charge is 2.20. The van der Waals surface area contributed by atoms with Gasteiger partial charge in [0.1, 0.15) is 11.8 Å². The molecule has 0 aromatic heterocycles. The molecule has 0 aliphatic heterocycles. The Balaban J connectivity index is 1.43. The van der Waals surface area contributed by atoms with E-state index in [0.717, 1.165) is 38.8 Å². The van der Waals surface area contributed by atoms with Crippen molar-refractivity contribution in [3.8, 4) is 16.9 Å². The van der Waals surface area contributed by atoms with Crippen LogP contribution in [-0.2, 0) is 22.4 Å². The van der Waals surface area contributed by atoms with E-state index in [-0.39, 0.29) is 18.7 Å². The average Bonchev–Trinajstić information content (AvgIpc) is 2.84. The monoisotopic (exact) mass is 439 g/mol. The molecular formula is C28H25NO4. The van der Waals surface area contributed by atoms with Crippen LogP contribution in [0.2, 0.25) is 0 Å². The molecule has 0 spiro atoms. The number of carboxylic acids is 1. The summed E-state index contributed by atoms with van der Waals surface area (Å²) >= 11 is 0. The minimum absolute atomic E-state index is 0.126. The Bertz CT molecular complexity index is 1280. The molecule has 0 unspecified atom stereocenters. The van der Waals surface area contributed by atoms with Crippen molar-refractivity contribution in [2.45, 2.75) is 18.9 Å². The summed E-state index contributed by atoms with van der Waals surface area (Å²) in [4.78, 5) is 24.4. The van der Waals surface area contributed by atoms with Crippen LogP contribution >= 0.6 is 0 Å². The number of amides is 1. The summed E-state index contributed by atoms with van der Waals surface area (Å²) in [6.45, 7) is 0. The Kier molecular flexibility index (Phi) is 6.69. The number of carbonyl (C=O) groups excluding carboxylic acids is 1. The second kappa shape index (κ2) is 10.0. The van der Waals surface area contributed by atoms with Crippen LogP contribution in [0.4, 0.5) is 0 Å². The first-order valence-corrected chi connectivity index (χ1v) is 10.8. The number of aliphatic carboxylic acids is 1. The smallest absolute Gasteiger partial charge is 0.326 e. The summed E-state index contributed by atoms with van der Waals surface area (Å²) < 4.78 is 5.42. The van der Waals surface area contributed by atoms with E-state index in [0.29, 0.717) is 0 Å². The zero-order valence-corrected chi connectivity index (χ0v) is 18.3. The third kappa shape index (κ3) is 5.39. The van der Waals surface area contributed by atoms with Crippen LogP contribution in [0.1, 0.15) is 11.1 Å². The van der Waals surface area contributed by atoms with Gasteiger partial charge in [-0.15, -0.1) is 0 Å². The van der Waals surface area contributed by atoms with Gasteiger partial charge in [-0.1, -0.05) is 84.9 Å². The highest BCUT2D eigenvalue weighted by atomic mass is 16.5. The zero-order valence-electron chi connectivity index (χ0n) is 18.3. The molecule has 1 atom stereocenters. The zero-order chi connectivity index (χ0) is 23.2. The Morgan fingerprint density at radius 1 is 0.848 bits per heavy atom. The van der Waals surface area contributed by atoms with Gasteiger partial charge in [0.25, 0.3) is 0 Å². The lowest BCUT2D eigenvalue weighted by Crippen LogP contribution is -2.43. The number of nitrogens with one attached hydrogen (secondary N) is 1. The normalized spacial score (nSPS) is 11.7. The quantitative estimate of drug-likeness (QED) is 0.411. The van der Waals surface area contributed by atoms with Gasteiger partial charge in [-0.3, -0.25) is 4.79 Å². The molecule has 2 N–H and O–H groups in total. The SMILES string of the molecule is COc1ccccc1-c1ccc(C[C@H](NC(=O)Cc2ccc3ccccc3c2)C(=O)O)cc1.